The van der Waals surface area contributed by atoms with E-state index in [9.17, 15) is 5.11 Å². The van der Waals surface area contributed by atoms with Crippen LogP contribution < -0.4 is 10.5 Å². The molecule has 0 radical (unpaired) electrons. The maximum Gasteiger partial charge on any atom is 0.127 e. The summed E-state index contributed by atoms with van der Waals surface area (Å²) >= 11 is 0. The van der Waals surface area contributed by atoms with E-state index in [4.69, 9.17) is 10.5 Å². The Bertz CT molecular complexity index is 675. The highest BCUT2D eigenvalue weighted by Crippen LogP contribution is 2.64. The van der Waals surface area contributed by atoms with Crippen LogP contribution in [0.3, 0.4) is 0 Å². The SMILES string of the molecule is Cc1ccc2c3c1O[C@@H]1C(N)CC[C@]4(O)[C@H](C2)N(C)CC[C@@]314. The quantitative estimate of drug-likeness (QED) is 0.753. The number of benzene rings is 1. The molecule has 2 aliphatic heterocycles. The number of hydrogen-bond acceptors (Lipinski definition) is 4. The van der Waals surface area contributed by atoms with E-state index in [0.29, 0.717) is 0 Å². The first-order valence-corrected chi connectivity index (χ1v) is 8.47. The summed E-state index contributed by atoms with van der Waals surface area (Å²) in [6.45, 7) is 3.11. The Labute approximate surface area is 131 Å². The van der Waals surface area contributed by atoms with Crippen molar-refractivity contribution in [2.24, 2.45) is 5.73 Å². The van der Waals surface area contributed by atoms with Gasteiger partial charge in [-0.3, -0.25) is 0 Å². The number of likely N-dealkylation sites (N-methyl/N-ethyl adjacent to an activating group) is 1. The molecule has 5 atom stereocenters. The number of hydrogen-bond donors (Lipinski definition) is 2. The molecule has 22 heavy (non-hydrogen) atoms. The topological polar surface area (TPSA) is 58.7 Å². The predicted octanol–water partition coefficient (Wildman–Crippen LogP) is 1.11. The molecule has 1 aromatic carbocycles. The Morgan fingerprint density at radius 3 is 3.00 bits per heavy atom. The van der Waals surface area contributed by atoms with Gasteiger partial charge < -0.3 is 20.5 Å². The zero-order valence-electron chi connectivity index (χ0n) is 13.3. The number of piperidine rings is 1. The lowest BCUT2D eigenvalue weighted by atomic mass is 9.48. The number of nitrogens with two attached hydrogens (primary N) is 1. The van der Waals surface area contributed by atoms with E-state index in [-0.39, 0.29) is 23.6 Å². The van der Waals surface area contributed by atoms with Gasteiger partial charge >= 0.3 is 0 Å². The van der Waals surface area contributed by atoms with Crippen LogP contribution in [0.2, 0.25) is 0 Å². The highest BCUT2D eigenvalue weighted by Gasteiger charge is 2.71. The van der Waals surface area contributed by atoms with Crippen molar-refractivity contribution in [3.05, 3.63) is 28.8 Å². The van der Waals surface area contributed by atoms with Gasteiger partial charge in [-0.25, -0.2) is 0 Å². The number of nitrogens with zero attached hydrogens (tertiary/aromatic N) is 1. The maximum absolute atomic E-state index is 11.8. The van der Waals surface area contributed by atoms with E-state index in [1.54, 1.807) is 0 Å². The molecule has 0 aromatic heterocycles. The summed E-state index contributed by atoms with van der Waals surface area (Å²) in [5.74, 6) is 1.02. The summed E-state index contributed by atoms with van der Waals surface area (Å²) in [6, 6.07) is 4.60. The minimum absolute atomic E-state index is 0.0158. The Balaban J connectivity index is 1.86. The number of ether oxygens (including phenoxy) is 1. The molecule has 1 saturated carbocycles. The molecule has 2 aliphatic carbocycles. The largest absolute Gasteiger partial charge is 0.487 e. The van der Waals surface area contributed by atoms with Crippen molar-refractivity contribution in [2.45, 2.75) is 61.8 Å². The fourth-order valence-corrected chi connectivity index (χ4v) is 5.94. The molecule has 1 saturated heterocycles. The van der Waals surface area contributed by atoms with E-state index in [1.807, 2.05) is 0 Å². The van der Waals surface area contributed by atoms with Crippen LogP contribution in [0.5, 0.6) is 5.75 Å². The number of aliphatic hydroxyl groups is 1. The van der Waals surface area contributed by atoms with Gasteiger partial charge in [-0.05, 0) is 57.3 Å². The second-order valence-corrected chi connectivity index (χ2v) is 7.83. The zero-order chi connectivity index (χ0) is 15.3. The second-order valence-electron chi connectivity index (χ2n) is 7.83. The van der Waals surface area contributed by atoms with Crippen LogP contribution in [0, 0.1) is 6.92 Å². The van der Waals surface area contributed by atoms with Gasteiger partial charge in [-0.15, -0.1) is 0 Å². The van der Waals surface area contributed by atoms with Crippen LogP contribution in [0.1, 0.15) is 36.0 Å². The molecule has 4 heteroatoms. The second kappa shape index (κ2) is 3.86. The van der Waals surface area contributed by atoms with Gasteiger partial charge in [-0.1, -0.05) is 12.1 Å². The van der Waals surface area contributed by atoms with Crippen LogP contribution in [0.4, 0.5) is 0 Å². The van der Waals surface area contributed by atoms with Gasteiger partial charge in [0.05, 0.1) is 11.0 Å². The van der Waals surface area contributed by atoms with E-state index in [2.05, 4.69) is 31.0 Å². The van der Waals surface area contributed by atoms with Crippen molar-refractivity contribution in [2.75, 3.05) is 13.6 Å². The van der Waals surface area contributed by atoms with Gasteiger partial charge in [0.2, 0.25) is 0 Å². The Kier molecular flexibility index (Phi) is 2.34. The van der Waals surface area contributed by atoms with Crippen molar-refractivity contribution in [3.63, 3.8) is 0 Å². The Morgan fingerprint density at radius 1 is 1.36 bits per heavy atom. The average molecular weight is 300 g/mol. The van der Waals surface area contributed by atoms with Gasteiger partial charge in [0.25, 0.3) is 0 Å². The van der Waals surface area contributed by atoms with E-state index < -0.39 is 5.60 Å². The smallest absolute Gasteiger partial charge is 0.127 e. The minimum atomic E-state index is -0.702. The first-order valence-electron chi connectivity index (χ1n) is 8.47. The summed E-state index contributed by atoms with van der Waals surface area (Å²) in [5.41, 5.74) is 9.29. The molecule has 2 heterocycles. The minimum Gasteiger partial charge on any atom is -0.487 e. The molecule has 4 nitrogen and oxygen atoms in total. The number of likely N-dealkylation sites (tertiary alicyclic amines) is 1. The standard InChI is InChI=1S/C18H24N2O2/c1-10-3-4-11-9-13-18(21)6-5-12(19)16-17(18,7-8-20(13)2)14(11)15(10)22-16/h3-4,12-13,16,21H,5-9,19H2,1-2H3/t12?,13-,16+,17+,18-/m0/s1. The van der Waals surface area contributed by atoms with Crippen LogP contribution >= 0.6 is 0 Å². The highest BCUT2D eigenvalue weighted by atomic mass is 16.5. The van der Waals surface area contributed by atoms with Crippen LogP contribution in [0.25, 0.3) is 0 Å². The maximum atomic E-state index is 11.8. The summed E-state index contributed by atoms with van der Waals surface area (Å²) in [4.78, 5) is 2.35. The molecule has 2 fully saturated rings. The first kappa shape index (κ1) is 13.3. The Hall–Kier alpha value is -1.10. The van der Waals surface area contributed by atoms with Crippen LogP contribution in [-0.4, -0.2) is 47.4 Å². The molecule has 5 rings (SSSR count). The molecular weight excluding hydrogens is 276 g/mol. The molecule has 1 spiro atoms. The normalized spacial score (nSPS) is 45.4. The fraction of sp³-hybridized carbons (Fsp3) is 0.667. The van der Waals surface area contributed by atoms with Crippen molar-refractivity contribution >= 4 is 0 Å². The average Bonchev–Trinajstić information content (AvgIpc) is 2.85. The molecule has 2 bridgehead atoms. The van der Waals surface area contributed by atoms with Gasteiger partial charge in [0.15, 0.2) is 0 Å². The van der Waals surface area contributed by atoms with Gasteiger partial charge in [0, 0.05) is 17.6 Å². The molecule has 1 aromatic rings. The van der Waals surface area contributed by atoms with Gasteiger partial charge in [-0.2, -0.15) is 0 Å². The third-order valence-electron chi connectivity index (χ3n) is 6.99. The molecule has 4 aliphatic rings. The van der Waals surface area contributed by atoms with Crippen molar-refractivity contribution in [1.82, 2.24) is 4.90 Å². The molecule has 0 amide bonds. The first-order chi connectivity index (χ1) is 10.5. The molecular formula is C18H24N2O2. The zero-order valence-corrected chi connectivity index (χ0v) is 13.3. The fourth-order valence-electron chi connectivity index (χ4n) is 5.94. The summed E-state index contributed by atoms with van der Waals surface area (Å²) in [6.07, 6.45) is 3.42. The molecule has 1 unspecified atom stereocenters. The Morgan fingerprint density at radius 2 is 2.18 bits per heavy atom. The summed E-state index contributed by atoms with van der Waals surface area (Å²) in [7, 11) is 2.15. The van der Waals surface area contributed by atoms with Crippen LogP contribution in [0.15, 0.2) is 12.1 Å². The predicted molar refractivity (Wildman–Crippen MR) is 84.2 cm³/mol. The van der Waals surface area contributed by atoms with E-state index in [0.717, 1.165) is 38.0 Å². The lowest BCUT2D eigenvalue weighted by Gasteiger charge is -2.63. The lowest BCUT2D eigenvalue weighted by Crippen LogP contribution is -2.77. The number of aryl methyl sites for hydroxylation is 1. The van der Waals surface area contributed by atoms with Crippen molar-refractivity contribution in [3.8, 4) is 5.75 Å². The third-order valence-corrected chi connectivity index (χ3v) is 6.99. The van der Waals surface area contributed by atoms with Crippen LogP contribution in [-0.2, 0) is 11.8 Å². The molecule has 118 valence electrons. The lowest BCUT2D eigenvalue weighted by molar-refractivity contribution is -0.184. The monoisotopic (exact) mass is 300 g/mol. The molecule has 3 N–H and O–H groups in total. The van der Waals surface area contributed by atoms with Crippen molar-refractivity contribution < 1.29 is 9.84 Å². The highest BCUT2D eigenvalue weighted by molar-refractivity contribution is 5.60. The summed E-state index contributed by atoms with van der Waals surface area (Å²) in [5, 5.41) is 11.8. The van der Waals surface area contributed by atoms with Crippen molar-refractivity contribution in [1.29, 1.82) is 0 Å². The summed E-state index contributed by atoms with van der Waals surface area (Å²) < 4.78 is 6.42. The van der Waals surface area contributed by atoms with E-state index in [1.165, 1.54) is 16.7 Å². The van der Waals surface area contributed by atoms with E-state index >= 15 is 0 Å². The third kappa shape index (κ3) is 1.20. The number of rotatable bonds is 0. The van der Waals surface area contributed by atoms with Gasteiger partial charge in [0.1, 0.15) is 11.9 Å².